The average molecular weight is 340 g/mol. The van der Waals surface area contributed by atoms with Crippen molar-refractivity contribution in [1.29, 1.82) is 0 Å². The van der Waals surface area contributed by atoms with E-state index in [9.17, 15) is 13.2 Å². The van der Waals surface area contributed by atoms with Crippen LogP contribution in [0.1, 0.15) is 24.8 Å². The van der Waals surface area contributed by atoms with Gasteiger partial charge in [0.25, 0.3) is 0 Å². The normalized spacial score (nSPS) is 16.1. The van der Waals surface area contributed by atoms with Crippen LogP contribution in [-0.2, 0) is 10.9 Å². The van der Waals surface area contributed by atoms with Gasteiger partial charge in [0.1, 0.15) is 5.75 Å². The lowest BCUT2D eigenvalue weighted by molar-refractivity contribution is -0.137. The minimum Gasteiger partial charge on any atom is -0.494 e. The van der Waals surface area contributed by atoms with Crippen molar-refractivity contribution in [3.8, 4) is 5.75 Å². The fourth-order valence-electron chi connectivity index (χ4n) is 2.20. The molecule has 1 aliphatic rings. The first-order valence-corrected chi connectivity index (χ1v) is 7.18. The van der Waals surface area contributed by atoms with E-state index in [4.69, 9.17) is 9.47 Å². The molecule has 0 aromatic heterocycles. The molecule has 0 radical (unpaired) electrons. The molecule has 1 N–H and O–H groups in total. The van der Waals surface area contributed by atoms with E-state index < -0.39 is 11.7 Å². The molecule has 0 saturated carbocycles. The Labute approximate surface area is 134 Å². The highest BCUT2D eigenvalue weighted by atomic mass is 35.5. The number of ether oxygens (including phenoxy) is 2. The second-order valence-corrected chi connectivity index (χ2v) is 5.04. The Balaban J connectivity index is 0.00000242. The molecule has 0 amide bonds. The fraction of sp³-hybridized carbons (Fsp3) is 0.600. The second-order valence-electron chi connectivity index (χ2n) is 5.04. The van der Waals surface area contributed by atoms with E-state index in [-0.39, 0.29) is 12.4 Å². The van der Waals surface area contributed by atoms with Crippen molar-refractivity contribution in [3.05, 3.63) is 29.8 Å². The molecule has 7 heteroatoms. The maximum Gasteiger partial charge on any atom is 0.416 e. The fourth-order valence-corrected chi connectivity index (χ4v) is 2.20. The lowest BCUT2D eigenvalue weighted by atomic mass is 10.1. The zero-order valence-corrected chi connectivity index (χ0v) is 13.0. The predicted molar refractivity (Wildman–Crippen MR) is 80.6 cm³/mol. The molecule has 0 aliphatic carbocycles. The third-order valence-corrected chi connectivity index (χ3v) is 3.38. The van der Waals surface area contributed by atoms with Crippen LogP contribution in [0, 0.1) is 0 Å². The first-order valence-electron chi connectivity index (χ1n) is 7.18. The van der Waals surface area contributed by atoms with Crippen LogP contribution in [0.25, 0.3) is 0 Å². The van der Waals surface area contributed by atoms with Gasteiger partial charge in [0.15, 0.2) is 0 Å². The van der Waals surface area contributed by atoms with Crippen LogP contribution >= 0.6 is 12.4 Å². The number of halogens is 4. The Morgan fingerprint density at radius 3 is 2.27 bits per heavy atom. The summed E-state index contributed by atoms with van der Waals surface area (Å²) in [6.07, 6.45) is -1.21. The molecule has 1 aromatic rings. The molecule has 1 aromatic carbocycles. The van der Waals surface area contributed by atoms with E-state index >= 15 is 0 Å². The number of hydrogen-bond donors (Lipinski definition) is 1. The van der Waals surface area contributed by atoms with Crippen LogP contribution in [0.5, 0.6) is 5.75 Å². The molecule has 1 fully saturated rings. The van der Waals surface area contributed by atoms with Crippen molar-refractivity contribution >= 4 is 12.4 Å². The summed E-state index contributed by atoms with van der Waals surface area (Å²) in [4.78, 5) is 0. The SMILES string of the molecule is Cl.FC(F)(F)c1ccc(OCCCOC2CCNCC2)cc1. The molecule has 0 bridgehead atoms. The van der Waals surface area contributed by atoms with E-state index in [1.807, 2.05) is 0 Å². The van der Waals surface area contributed by atoms with Crippen molar-refractivity contribution in [3.63, 3.8) is 0 Å². The third kappa shape index (κ3) is 6.42. The van der Waals surface area contributed by atoms with Gasteiger partial charge in [-0.05, 0) is 50.2 Å². The number of rotatable bonds is 6. The topological polar surface area (TPSA) is 30.5 Å². The second kappa shape index (κ2) is 9.22. The summed E-state index contributed by atoms with van der Waals surface area (Å²) in [6, 6.07) is 4.74. The predicted octanol–water partition coefficient (Wildman–Crippen LogP) is 3.66. The lowest BCUT2D eigenvalue weighted by Crippen LogP contribution is -2.32. The number of nitrogens with one attached hydrogen (secondary N) is 1. The summed E-state index contributed by atoms with van der Waals surface area (Å²) in [5.41, 5.74) is -0.663. The number of hydrogen-bond acceptors (Lipinski definition) is 3. The molecule has 1 saturated heterocycles. The molecule has 0 spiro atoms. The van der Waals surface area contributed by atoms with Crippen molar-refractivity contribution in [2.45, 2.75) is 31.5 Å². The number of alkyl halides is 3. The van der Waals surface area contributed by atoms with Crippen molar-refractivity contribution < 1.29 is 22.6 Å². The van der Waals surface area contributed by atoms with Gasteiger partial charge in [-0.25, -0.2) is 0 Å². The zero-order valence-electron chi connectivity index (χ0n) is 12.2. The Morgan fingerprint density at radius 1 is 1.05 bits per heavy atom. The maximum absolute atomic E-state index is 12.4. The highest BCUT2D eigenvalue weighted by molar-refractivity contribution is 5.85. The standard InChI is InChI=1S/C15H20F3NO2.ClH/c16-15(17,18)12-2-4-13(5-3-12)20-10-1-11-21-14-6-8-19-9-7-14;/h2-5,14,19H,1,6-11H2;1H. The van der Waals surface area contributed by atoms with Gasteiger partial charge in [-0.1, -0.05) is 0 Å². The molecule has 3 nitrogen and oxygen atoms in total. The Kier molecular flexibility index (Phi) is 8.00. The van der Waals surface area contributed by atoms with Crippen molar-refractivity contribution in [1.82, 2.24) is 5.32 Å². The Hall–Kier alpha value is -0.980. The quantitative estimate of drug-likeness (QED) is 0.802. The summed E-state index contributed by atoms with van der Waals surface area (Å²) in [6.45, 7) is 3.04. The highest BCUT2D eigenvalue weighted by Gasteiger charge is 2.29. The molecule has 1 heterocycles. The van der Waals surface area contributed by atoms with Crippen LogP contribution in [0.3, 0.4) is 0 Å². The van der Waals surface area contributed by atoms with E-state index in [1.54, 1.807) is 0 Å². The first kappa shape index (κ1) is 19.1. The summed E-state index contributed by atoms with van der Waals surface area (Å²) < 4.78 is 48.3. The summed E-state index contributed by atoms with van der Waals surface area (Å²) in [5, 5.41) is 3.27. The van der Waals surface area contributed by atoms with E-state index in [2.05, 4.69) is 5.32 Å². The summed E-state index contributed by atoms with van der Waals surface area (Å²) in [7, 11) is 0. The van der Waals surface area contributed by atoms with Crippen molar-refractivity contribution in [2.75, 3.05) is 26.3 Å². The molecule has 1 aliphatic heterocycles. The van der Waals surface area contributed by atoms with Crippen LogP contribution in [0.15, 0.2) is 24.3 Å². The van der Waals surface area contributed by atoms with Gasteiger partial charge in [-0.3, -0.25) is 0 Å². The van der Waals surface area contributed by atoms with E-state index in [0.717, 1.165) is 44.5 Å². The van der Waals surface area contributed by atoms with Crippen LogP contribution in [0.4, 0.5) is 13.2 Å². The monoisotopic (exact) mass is 339 g/mol. The van der Waals surface area contributed by atoms with Crippen LogP contribution < -0.4 is 10.1 Å². The van der Waals surface area contributed by atoms with Gasteiger partial charge in [-0.15, -0.1) is 12.4 Å². The van der Waals surface area contributed by atoms with Crippen LogP contribution in [-0.4, -0.2) is 32.4 Å². The molecule has 2 rings (SSSR count). The molecule has 126 valence electrons. The van der Waals surface area contributed by atoms with E-state index in [0.29, 0.717) is 25.1 Å². The molecule has 0 atom stereocenters. The highest BCUT2D eigenvalue weighted by Crippen LogP contribution is 2.30. The van der Waals surface area contributed by atoms with Crippen LogP contribution in [0.2, 0.25) is 0 Å². The maximum atomic E-state index is 12.4. The van der Waals surface area contributed by atoms with Gasteiger partial charge in [0.2, 0.25) is 0 Å². The summed E-state index contributed by atoms with van der Waals surface area (Å²) >= 11 is 0. The molecular weight excluding hydrogens is 319 g/mol. The zero-order chi connectivity index (χ0) is 15.1. The lowest BCUT2D eigenvalue weighted by Gasteiger charge is -2.22. The molecular formula is C15H21ClF3NO2. The minimum atomic E-state index is -4.30. The molecule has 0 unspecified atom stereocenters. The number of benzene rings is 1. The Bertz CT molecular complexity index is 420. The first-order chi connectivity index (χ1) is 10.1. The third-order valence-electron chi connectivity index (χ3n) is 3.38. The average Bonchev–Trinajstić information content (AvgIpc) is 2.47. The Morgan fingerprint density at radius 2 is 1.68 bits per heavy atom. The van der Waals surface area contributed by atoms with E-state index in [1.165, 1.54) is 12.1 Å². The summed E-state index contributed by atoms with van der Waals surface area (Å²) in [5.74, 6) is 0.449. The van der Waals surface area contributed by atoms with Gasteiger partial charge < -0.3 is 14.8 Å². The minimum absolute atomic E-state index is 0. The van der Waals surface area contributed by atoms with Gasteiger partial charge in [0, 0.05) is 6.42 Å². The smallest absolute Gasteiger partial charge is 0.416 e. The van der Waals surface area contributed by atoms with Gasteiger partial charge >= 0.3 is 6.18 Å². The largest absolute Gasteiger partial charge is 0.494 e. The van der Waals surface area contributed by atoms with Gasteiger partial charge in [0.05, 0.1) is 24.9 Å². The van der Waals surface area contributed by atoms with Gasteiger partial charge in [-0.2, -0.15) is 13.2 Å². The molecule has 22 heavy (non-hydrogen) atoms. The number of piperidine rings is 1. The van der Waals surface area contributed by atoms with Crippen molar-refractivity contribution in [2.24, 2.45) is 0 Å².